The van der Waals surface area contributed by atoms with Gasteiger partial charge in [-0.3, -0.25) is 4.79 Å². The zero-order chi connectivity index (χ0) is 13.4. The number of carbonyl (C=O) groups is 1. The second-order valence-electron chi connectivity index (χ2n) is 4.59. The van der Waals surface area contributed by atoms with Gasteiger partial charge in [-0.2, -0.15) is 0 Å². The van der Waals surface area contributed by atoms with Crippen LogP contribution in [0.2, 0.25) is 0 Å². The topological polar surface area (TPSA) is 38.3 Å². The van der Waals surface area contributed by atoms with E-state index in [0.717, 1.165) is 17.5 Å². The number of carbonyl (C=O) groups excluding carboxylic acids is 1. The Bertz CT molecular complexity index is 363. The summed E-state index contributed by atoms with van der Waals surface area (Å²) < 4.78 is 6.41. The first-order chi connectivity index (χ1) is 8.59. The molecule has 3 nitrogen and oxygen atoms in total. The van der Waals surface area contributed by atoms with Gasteiger partial charge in [0.1, 0.15) is 0 Å². The Morgan fingerprint density at radius 1 is 1.33 bits per heavy atom. The molecule has 0 fully saturated rings. The lowest BCUT2D eigenvalue weighted by Gasteiger charge is -2.08. The van der Waals surface area contributed by atoms with Crippen LogP contribution >= 0.6 is 15.9 Å². The van der Waals surface area contributed by atoms with Gasteiger partial charge in [0, 0.05) is 29.8 Å². The van der Waals surface area contributed by atoms with Crippen LogP contribution in [0.1, 0.15) is 30.6 Å². The van der Waals surface area contributed by atoms with Crippen LogP contribution in [0.4, 0.5) is 0 Å². The molecule has 100 valence electrons. The van der Waals surface area contributed by atoms with E-state index >= 15 is 0 Å². The molecule has 1 aromatic carbocycles. The first-order valence-corrected chi connectivity index (χ1v) is 7.00. The van der Waals surface area contributed by atoms with E-state index in [1.165, 1.54) is 0 Å². The minimum Gasteiger partial charge on any atom is -0.381 e. The normalized spacial score (nSPS) is 10.7. The van der Waals surface area contributed by atoms with Crippen molar-refractivity contribution >= 4 is 21.8 Å². The molecule has 0 aliphatic carbocycles. The van der Waals surface area contributed by atoms with Gasteiger partial charge >= 0.3 is 0 Å². The predicted molar refractivity (Wildman–Crippen MR) is 76.7 cm³/mol. The summed E-state index contributed by atoms with van der Waals surface area (Å²) in [5, 5.41) is 2.87. The minimum absolute atomic E-state index is 0.0358. The van der Waals surface area contributed by atoms with E-state index in [9.17, 15) is 4.79 Å². The largest absolute Gasteiger partial charge is 0.381 e. The fraction of sp³-hybridized carbons (Fsp3) is 0.500. The molecule has 1 aromatic rings. The van der Waals surface area contributed by atoms with Gasteiger partial charge in [0.05, 0.1) is 0 Å². The molecule has 0 unspecified atom stereocenters. The molecule has 0 bridgehead atoms. The van der Waals surface area contributed by atoms with Crippen molar-refractivity contribution in [2.24, 2.45) is 5.92 Å². The number of nitrogens with one attached hydrogen (secondary N) is 1. The maximum atomic E-state index is 11.7. The molecular formula is C14H20BrNO2. The Labute approximate surface area is 117 Å². The van der Waals surface area contributed by atoms with Gasteiger partial charge in [0.2, 0.25) is 0 Å². The number of hydrogen-bond acceptors (Lipinski definition) is 2. The summed E-state index contributed by atoms with van der Waals surface area (Å²) in [5.74, 6) is 0.522. The predicted octanol–water partition coefficient (Wildman–Crippen LogP) is 3.24. The van der Waals surface area contributed by atoms with E-state index in [-0.39, 0.29) is 5.91 Å². The zero-order valence-electron chi connectivity index (χ0n) is 10.9. The SMILES string of the molecule is CC(C)COCCCNC(=O)c1ccc(Br)cc1. The average Bonchev–Trinajstić information content (AvgIpc) is 2.34. The lowest BCUT2D eigenvalue weighted by molar-refractivity contribution is 0.0925. The monoisotopic (exact) mass is 313 g/mol. The number of ether oxygens (including phenoxy) is 1. The molecule has 0 saturated carbocycles. The maximum absolute atomic E-state index is 11.7. The van der Waals surface area contributed by atoms with E-state index in [0.29, 0.717) is 24.6 Å². The molecule has 0 atom stereocenters. The van der Waals surface area contributed by atoms with Crippen molar-refractivity contribution in [1.82, 2.24) is 5.32 Å². The highest BCUT2D eigenvalue weighted by atomic mass is 79.9. The Kier molecular flexibility index (Phi) is 6.98. The van der Waals surface area contributed by atoms with Crippen molar-refractivity contribution in [2.75, 3.05) is 19.8 Å². The van der Waals surface area contributed by atoms with E-state index in [4.69, 9.17) is 4.74 Å². The third-order valence-electron chi connectivity index (χ3n) is 2.31. The summed E-state index contributed by atoms with van der Waals surface area (Å²) >= 11 is 3.34. The molecule has 1 amide bonds. The van der Waals surface area contributed by atoms with Crippen LogP contribution in [-0.4, -0.2) is 25.7 Å². The molecular weight excluding hydrogens is 294 g/mol. The van der Waals surface area contributed by atoms with Crippen molar-refractivity contribution in [2.45, 2.75) is 20.3 Å². The van der Waals surface area contributed by atoms with Gasteiger partial charge in [-0.25, -0.2) is 0 Å². The number of benzene rings is 1. The van der Waals surface area contributed by atoms with Crippen molar-refractivity contribution in [3.05, 3.63) is 34.3 Å². The van der Waals surface area contributed by atoms with Crippen LogP contribution in [0.5, 0.6) is 0 Å². The second kappa shape index (κ2) is 8.27. The van der Waals surface area contributed by atoms with Gasteiger partial charge in [-0.15, -0.1) is 0 Å². The van der Waals surface area contributed by atoms with Gasteiger partial charge in [-0.1, -0.05) is 29.8 Å². The van der Waals surface area contributed by atoms with Crippen molar-refractivity contribution < 1.29 is 9.53 Å². The molecule has 18 heavy (non-hydrogen) atoms. The number of rotatable bonds is 7. The van der Waals surface area contributed by atoms with Crippen molar-refractivity contribution in [3.63, 3.8) is 0 Å². The average molecular weight is 314 g/mol. The summed E-state index contributed by atoms with van der Waals surface area (Å²) in [6.07, 6.45) is 0.842. The molecule has 1 N–H and O–H groups in total. The van der Waals surface area contributed by atoms with Crippen molar-refractivity contribution in [3.8, 4) is 0 Å². The molecule has 0 radical (unpaired) electrons. The highest BCUT2D eigenvalue weighted by Crippen LogP contribution is 2.10. The van der Waals surface area contributed by atoms with Gasteiger partial charge < -0.3 is 10.1 Å². The fourth-order valence-electron chi connectivity index (χ4n) is 1.40. The summed E-state index contributed by atoms with van der Waals surface area (Å²) in [5.41, 5.74) is 0.682. The Balaban J connectivity index is 2.16. The quantitative estimate of drug-likeness (QED) is 0.785. The smallest absolute Gasteiger partial charge is 0.251 e. The van der Waals surface area contributed by atoms with Crippen LogP contribution in [0.25, 0.3) is 0 Å². The third-order valence-corrected chi connectivity index (χ3v) is 2.84. The van der Waals surface area contributed by atoms with Gasteiger partial charge in [-0.05, 0) is 36.6 Å². The molecule has 0 aromatic heterocycles. The standard InChI is InChI=1S/C14H20BrNO2/c1-11(2)10-18-9-3-8-16-14(17)12-4-6-13(15)7-5-12/h4-7,11H,3,8-10H2,1-2H3,(H,16,17). The first-order valence-electron chi connectivity index (χ1n) is 6.21. The highest BCUT2D eigenvalue weighted by Gasteiger charge is 2.03. The molecule has 0 aliphatic rings. The molecule has 0 heterocycles. The molecule has 4 heteroatoms. The molecule has 0 aliphatic heterocycles. The van der Waals surface area contributed by atoms with Crippen LogP contribution in [0.15, 0.2) is 28.7 Å². The zero-order valence-corrected chi connectivity index (χ0v) is 12.5. The number of halogens is 1. The van der Waals surface area contributed by atoms with Crippen LogP contribution in [0.3, 0.4) is 0 Å². The lowest BCUT2D eigenvalue weighted by Crippen LogP contribution is -2.25. The Morgan fingerprint density at radius 2 is 2.00 bits per heavy atom. The molecule has 0 saturated heterocycles. The summed E-state index contributed by atoms with van der Waals surface area (Å²) in [6.45, 7) is 6.36. The van der Waals surface area contributed by atoms with E-state index in [2.05, 4.69) is 35.1 Å². The first kappa shape index (κ1) is 15.2. The van der Waals surface area contributed by atoms with Crippen molar-refractivity contribution in [1.29, 1.82) is 0 Å². The van der Waals surface area contributed by atoms with Crippen LogP contribution in [-0.2, 0) is 4.74 Å². The minimum atomic E-state index is -0.0358. The number of amides is 1. The molecule has 1 rings (SSSR count). The van der Waals surface area contributed by atoms with Crippen LogP contribution in [0, 0.1) is 5.92 Å². The van der Waals surface area contributed by atoms with Gasteiger partial charge in [0.25, 0.3) is 5.91 Å². The third kappa shape index (κ3) is 6.17. The Hall–Kier alpha value is -0.870. The molecule has 0 spiro atoms. The van der Waals surface area contributed by atoms with Gasteiger partial charge in [0.15, 0.2) is 0 Å². The van der Waals surface area contributed by atoms with E-state index in [1.807, 2.05) is 12.1 Å². The second-order valence-corrected chi connectivity index (χ2v) is 5.50. The number of hydrogen-bond donors (Lipinski definition) is 1. The summed E-state index contributed by atoms with van der Waals surface area (Å²) in [4.78, 5) is 11.7. The summed E-state index contributed by atoms with van der Waals surface area (Å²) in [7, 11) is 0. The highest BCUT2D eigenvalue weighted by molar-refractivity contribution is 9.10. The summed E-state index contributed by atoms with van der Waals surface area (Å²) in [6, 6.07) is 7.32. The Morgan fingerprint density at radius 3 is 2.61 bits per heavy atom. The van der Waals surface area contributed by atoms with E-state index < -0.39 is 0 Å². The van der Waals surface area contributed by atoms with Crippen LogP contribution < -0.4 is 5.32 Å². The lowest BCUT2D eigenvalue weighted by atomic mass is 10.2. The fourth-order valence-corrected chi connectivity index (χ4v) is 1.66. The van der Waals surface area contributed by atoms with E-state index in [1.54, 1.807) is 12.1 Å². The maximum Gasteiger partial charge on any atom is 0.251 e.